The second-order valence-electron chi connectivity index (χ2n) is 7.09. The van der Waals surface area contributed by atoms with Crippen LogP contribution in [0.4, 0.5) is 5.69 Å². The van der Waals surface area contributed by atoms with Gasteiger partial charge < -0.3 is 19.5 Å². The van der Waals surface area contributed by atoms with E-state index < -0.39 is 0 Å². The van der Waals surface area contributed by atoms with Crippen molar-refractivity contribution in [1.82, 2.24) is 14.9 Å². The SMILES string of the molecule is COCC(=O)NCc1nc2ccccc2n1CC(=O)N1CCCc2ccccc21. The van der Waals surface area contributed by atoms with Gasteiger partial charge in [-0.15, -0.1) is 0 Å². The number of para-hydroxylation sites is 3. The lowest BCUT2D eigenvalue weighted by Gasteiger charge is -2.29. The van der Waals surface area contributed by atoms with Crippen LogP contribution in [0.1, 0.15) is 17.8 Å². The molecule has 0 fully saturated rings. The molecule has 2 heterocycles. The molecule has 0 saturated heterocycles. The van der Waals surface area contributed by atoms with Crippen LogP contribution >= 0.6 is 0 Å². The van der Waals surface area contributed by atoms with Crippen molar-refractivity contribution in [2.24, 2.45) is 0 Å². The molecule has 2 aromatic carbocycles. The molecule has 1 aliphatic heterocycles. The summed E-state index contributed by atoms with van der Waals surface area (Å²) in [5, 5.41) is 2.80. The Kier molecular flexibility index (Phi) is 5.57. The molecule has 0 atom stereocenters. The number of aromatic nitrogens is 2. The normalized spacial score (nSPS) is 13.3. The van der Waals surface area contributed by atoms with Crippen molar-refractivity contribution in [3.63, 3.8) is 0 Å². The number of fused-ring (bicyclic) bond motifs is 2. The minimum Gasteiger partial charge on any atom is -0.375 e. The number of nitrogens with one attached hydrogen (secondary N) is 1. The molecule has 0 bridgehead atoms. The van der Waals surface area contributed by atoms with Gasteiger partial charge in [-0.25, -0.2) is 4.98 Å². The van der Waals surface area contributed by atoms with Gasteiger partial charge in [-0.05, 0) is 36.6 Å². The van der Waals surface area contributed by atoms with E-state index >= 15 is 0 Å². The maximum atomic E-state index is 13.2. The molecule has 150 valence electrons. The minimum atomic E-state index is -0.220. The third-order valence-corrected chi connectivity index (χ3v) is 5.16. The van der Waals surface area contributed by atoms with Crippen LogP contribution in [0.15, 0.2) is 48.5 Å². The third-order valence-electron chi connectivity index (χ3n) is 5.16. The molecule has 3 aromatic rings. The van der Waals surface area contributed by atoms with Crippen LogP contribution in [0.5, 0.6) is 0 Å². The van der Waals surface area contributed by atoms with E-state index in [9.17, 15) is 9.59 Å². The van der Waals surface area contributed by atoms with Crippen molar-refractivity contribution in [2.45, 2.75) is 25.9 Å². The predicted molar refractivity (Wildman–Crippen MR) is 111 cm³/mol. The van der Waals surface area contributed by atoms with Crippen LogP contribution in [0.2, 0.25) is 0 Å². The fourth-order valence-corrected chi connectivity index (χ4v) is 3.81. The van der Waals surface area contributed by atoms with E-state index in [-0.39, 0.29) is 31.5 Å². The monoisotopic (exact) mass is 392 g/mol. The standard InChI is InChI=1S/C22H24N4O3/c1-29-15-21(27)23-13-20-24-17-9-3-5-11-19(17)26(20)14-22(28)25-12-6-8-16-7-2-4-10-18(16)25/h2-5,7,9-11H,6,8,12-15H2,1H3,(H,23,27). The maximum absolute atomic E-state index is 13.2. The highest BCUT2D eigenvalue weighted by Crippen LogP contribution is 2.27. The molecule has 1 aromatic heterocycles. The number of carbonyl (C=O) groups is 2. The number of hydrogen-bond acceptors (Lipinski definition) is 4. The van der Waals surface area contributed by atoms with Gasteiger partial charge in [-0.2, -0.15) is 0 Å². The number of amides is 2. The number of imidazole rings is 1. The Labute approximate surface area is 169 Å². The van der Waals surface area contributed by atoms with E-state index in [4.69, 9.17) is 4.74 Å². The average Bonchev–Trinajstić information content (AvgIpc) is 3.09. The molecule has 0 spiro atoms. The quantitative estimate of drug-likeness (QED) is 0.698. The maximum Gasteiger partial charge on any atom is 0.246 e. The number of nitrogens with zero attached hydrogens (tertiary/aromatic N) is 3. The van der Waals surface area contributed by atoms with Crippen molar-refractivity contribution in [3.05, 3.63) is 59.9 Å². The summed E-state index contributed by atoms with van der Waals surface area (Å²) in [6, 6.07) is 15.8. The summed E-state index contributed by atoms with van der Waals surface area (Å²) in [6.07, 6.45) is 1.94. The van der Waals surface area contributed by atoms with Crippen molar-refractivity contribution in [1.29, 1.82) is 0 Å². The van der Waals surface area contributed by atoms with Gasteiger partial charge in [0.15, 0.2) is 0 Å². The van der Waals surface area contributed by atoms with E-state index in [1.807, 2.05) is 51.9 Å². The smallest absolute Gasteiger partial charge is 0.246 e. The van der Waals surface area contributed by atoms with Gasteiger partial charge in [0.1, 0.15) is 19.0 Å². The summed E-state index contributed by atoms with van der Waals surface area (Å²) in [5.41, 5.74) is 3.87. The van der Waals surface area contributed by atoms with E-state index in [2.05, 4.69) is 16.4 Å². The summed E-state index contributed by atoms with van der Waals surface area (Å²) in [6.45, 7) is 1.11. The number of methoxy groups -OCH3 is 1. The average molecular weight is 392 g/mol. The van der Waals surface area contributed by atoms with Crippen LogP contribution < -0.4 is 10.2 Å². The molecule has 1 N–H and O–H groups in total. The minimum absolute atomic E-state index is 0.0102. The molecule has 2 amide bonds. The van der Waals surface area contributed by atoms with E-state index in [1.165, 1.54) is 12.7 Å². The molecule has 1 aliphatic rings. The van der Waals surface area contributed by atoms with E-state index in [0.29, 0.717) is 12.4 Å². The van der Waals surface area contributed by atoms with Crippen LogP contribution in [0.25, 0.3) is 11.0 Å². The Hall–Kier alpha value is -3.19. The largest absolute Gasteiger partial charge is 0.375 e. The van der Waals surface area contributed by atoms with Crippen molar-refractivity contribution < 1.29 is 14.3 Å². The van der Waals surface area contributed by atoms with Crippen LogP contribution in [0.3, 0.4) is 0 Å². The van der Waals surface area contributed by atoms with Gasteiger partial charge in [-0.3, -0.25) is 9.59 Å². The highest BCUT2D eigenvalue weighted by Gasteiger charge is 2.24. The zero-order valence-electron chi connectivity index (χ0n) is 16.4. The van der Waals surface area contributed by atoms with E-state index in [1.54, 1.807) is 0 Å². The van der Waals surface area contributed by atoms with Crippen LogP contribution in [0, 0.1) is 0 Å². The second-order valence-corrected chi connectivity index (χ2v) is 7.09. The lowest BCUT2D eigenvalue weighted by molar-refractivity contribution is -0.124. The molecular weight excluding hydrogens is 368 g/mol. The first-order valence-corrected chi connectivity index (χ1v) is 9.75. The van der Waals surface area contributed by atoms with Crippen molar-refractivity contribution >= 4 is 28.5 Å². The fraction of sp³-hybridized carbons (Fsp3) is 0.318. The Morgan fingerprint density at radius 1 is 1.14 bits per heavy atom. The molecule has 7 nitrogen and oxygen atoms in total. The van der Waals surface area contributed by atoms with Gasteiger partial charge in [0, 0.05) is 19.3 Å². The molecule has 7 heteroatoms. The van der Waals surface area contributed by atoms with Crippen molar-refractivity contribution in [3.8, 4) is 0 Å². The van der Waals surface area contributed by atoms with Gasteiger partial charge in [0.05, 0.1) is 17.6 Å². The Balaban J connectivity index is 1.61. The first-order chi connectivity index (χ1) is 14.2. The summed E-state index contributed by atoms with van der Waals surface area (Å²) < 4.78 is 6.75. The molecule has 0 aliphatic carbocycles. The summed E-state index contributed by atoms with van der Waals surface area (Å²) >= 11 is 0. The van der Waals surface area contributed by atoms with Crippen LogP contribution in [-0.4, -0.2) is 41.6 Å². The van der Waals surface area contributed by atoms with Gasteiger partial charge in [0.25, 0.3) is 0 Å². The summed E-state index contributed by atoms with van der Waals surface area (Å²) in [5.74, 6) is 0.446. The first kappa shape index (κ1) is 19.1. The summed E-state index contributed by atoms with van der Waals surface area (Å²) in [7, 11) is 1.48. The third kappa shape index (κ3) is 4.00. The number of benzene rings is 2. The molecule has 0 unspecified atom stereocenters. The first-order valence-electron chi connectivity index (χ1n) is 9.75. The van der Waals surface area contributed by atoms with Crippen molar-refractivity contribution in [2.75, 3.05) is 25.2 Å². The summed E-state index contributed by atoms with van der Waals surface area (Å²) in [4.78, 5) is 31.5. The fourth-order valence-electron chi connectivity index (χ4n) is 3.81. The topological polar surface area (TPSA) is 76.5 Å². The molecule has 0 radical (unpaired) electrons. The second kappa shape index (κ2) is 8.45. The number of hydrogen-bond donors (Lipinski definition) is 1. The number of anilines is 1. The molecule has 0 saturated carbocycles. The Bertz CT molecular complexity index is 1040. The van der Waals surface area contributed by atoms with E-state index in [0.717, 1.165) is 29.6 Å². The predicted octanol–water partition coefficient (Wildman–Crippen LogP) is 2.28. The number of carbonyl (C=O) groups excluding carboxylic acids is 2. The molecular formula is C22H24N4O3. The molecule has 4 rings (SSSR count). The lowest BCUT2D eigenvalue weighted by Crippen LogP contribution is -2.38. The van der Waals surface area contributed by atoms with Gasteiger partial charge >= 0.3 is 0 Å². The van der Waals surface area contributed by atoms with Gasteiger partial charge in [-0.1, -0.05) is 30.3 Å². The van der Waals surface area contributed by atoms with Crippen LogP contribution in [-0.2, 0) is 33.8 Å². The highest BCUT2D eigenvalue weighted by molar-refractivity contribution is 5.95. The number of rotatable bonds is 6. The lowest BCUT2D eigenvalue weighted by atomic mass is 10.0. The molecule has 29 heavy (non-hydrogen) atoms. The number of ether oxygens (including phenoxy) is 1. The van der Waals surface area contributed by atoms with Gasteiger partial charge in [0.2, 0.25) is 11.8 Å². The number of aryl methyl sites for hydroxylation is 1. The Morgan fingerprint density at radius 3 is 2.79 bits per heavy atom. The Morgan fingerprint density at radius 2 is 1.93 bits per heavy atom. The zero-order chi connectivity index (χ0) is 20.2. The highest BCUT2D eigenvalue weighted by atomic mass is 16.5. The zero-order valence-corrected chi connectivity index (χ0v) is 16.4.